The Morgan fingerprint density at radius 1 is 1.73 bits per heavy atom. The molecule has 0 radical (unpaired) electrons. The largest absolute Gasteiger partial charge is 0.353 e. The van der Waals surface area contributed by atoms with Gasteiger partial charge in [0.2, 0.25) is 6.41 Å². The first-order valence-corrected chi connectivity index (χ1v) is 3.41. The summed E-state index contributed by atoms with van der Waals surface area (Å²) in [5.41, 5.74) is 2.04. The molecule has 0 aromatic carbocycles. The molecule has 0 aliphatic rings. The van der Waals surface area contributed by atoms with Gasteiger partial charge in [0, 0.05) is 6.20 Å². The van der Waals surface area contributed by atoms with Gasteiger partial charge in [0.15, 0.2) is 0 Å². The summed E-state index contributed by atoms with van der Waals surface area (Å²) in [6, 6.07) is 3.86. The van der Waals surface area contributed by atoms with Gasteiger partial charge in [-0.05, 0) is 24.6 Å². The fraction of sp³-hybridized carbons (Fsp3) is 0.250. The molecule has 1 aromatic rings. The van der Waals surface area contributed by atoms with Crippen molar-refractivity contribution in [2.24, 2.45) is 0 Å². The van der Waals surface area contributed by atoms with Gasteiger partial charge in [0.1, 0.15) is 0 Å². The zero-order chi connectivity index (χ0) is 8.10. The highest BCUT2D eigenvalue weighted by atomic mass is 16.1. The van der Waals surface area contributed by atoms with Crippen LogP contribution < -0.4 is 5.32 Å². The van der Waals surface area contributed by atoms with Gasteiger partial charge >= 0.3 is 0 Å². The Morgan fingerprint density at radius 2 is 2.55 bits per heavy atom. The average Bonchev–Trinajstić information content (AvgIpc) is 2.01. The minimum Gasteiger partial charge on any atom is -0.353 e. The third kappa shape index (κ3) is 2.37. The Labute approximate surface area is 65.5 Å². The van der Waals surface area contributed by atoms with Crippen LogP contribution in [0.4, 0.5) is 0 Å². The summed E-state index contributed by atoms with van der Waals surface area (Å²) in [5.74, 6) is 0. The molecule has 3 nitrogen and oxygen atoms in total. The molecule has 11 heavy (non-hydrogen) atoms. The number of carbonyl (C=O) groups is 1. The van der Waals surface area contributed by atoms with Crippen LogP contribution in [0.25, 0.3) is 0 Å². The number of nitrogens with zero attached hydrogens (tertiary/aromatic N) is 1. The zero-order valence-electron chi connectivity index (χ0n) is 6.37. The SMILES string of the molecule is Cc1ccnc(CNC=O)c1. The molecule has 0 unspecified atom stereocenters. The maximum Gasteiger partial charge on any atom is 0.207 e. The zero-order valence-corrected chi connectivity index (χ0v) is 6.37. The molecule has 1 rings (SSSR count). The number of carbonyl (C=O) groups excluding carboxylic acids is 1. The van der Waals surface area contributed by atoms with Gasteiger partial charge in [-0.1, -0.05) is 0 Å². The summed E-state index contributed by atoms with van der Waals surface area (Å²) >= 11 is 0. The molecule has 0 spiro atoms. The minimum absolute atomic E-state index is 0.505. The Kier molecular flexibility index (Phi) is 2.60. The van der Waals surface area contributed by atoms with Crippen molar-refractivity contribution in [2.75, 3.05) is 0 Å². The van der Waals surface area contributed by atoms with Crippen LogP contribution in [-0.2, 0) is 11.3 Å². The summed E-state index contributed by atoms with van der Waals surface area (Å²) < 4.78 is 0. The van der Waals surface area contributed by atoms with Crippen molar-refractivity contribution in [1.29, 1.82) is 0 Å². The highest BCUT2D eigenvalue weighted by Gasteiger charge is 1.91. The highest BCUT2D eigenvalue weighted by Crippen LogP contribution is 1.98. The van der Waals surface area contributed by atoms with E-state index in [1.165, 1.54) is 0 Å². The van der Waals surface area contributed by atoms with Gasteiger partial charge < -0.3 is 5.32 Å². The van der Waals surface area contributed by atoms with Crippen molar-refractivity contribution in [3.63, 3.8) is 0 Å². The molecule has 0 saturated heterocycles. The van der Waals surface area contributed by atoms with Crippen molar-refractivity contribution in [1.82, 2.24) is 10.3 Å². The van der Waals surface area contributed by atoms with Crippen LogP contribution in [0.1, 0.15) is 11.3 Å². The molecule has 58 valence electrons. The molecular weight excluding hydrogens is 140 g/mol. The van der Waals surface area contributed by atoms with Gasteiger partial charge in [-0.25, -0.2) is 0 Å². The molecule has 1 aromatic heterocycles. The third-order valence-electron chi connectivity index (χ3n) is 1.34. The molecule has 3 heteroatoms. The van der Waals surface area contributed by atoms with Gasteiger partial charge in [-0.2, -0.15) is 0 Å². The topological polar surface area (TPSA) is 42.0 Å². The lowest BCUT2D eigenvalue weighted by Crippen LogP contribution is -2.10. The highest BCUT2D eigenvalue weighted by molar-refractivity contribution is 5.45. The Morgan fingerprint density at radius 3 is 3.18 bits per heavy atom. The lowest BCUT2D eigenvalue weighted by molar-refractivity contribution is -0.109. The van der Waals surface area contributed by atoms with E-state index in [9.17, 15) is 4.79 Å². The van der Waals surface area contributed by atoms with Crippen molar-refractivity contribution in [2.45, 2.75) is 13.5 Å². The number of aryl methyl sites for hydroxylation is 1. The molecule has 1 N–H and O–H groups in total. The summed E-state index contributed by atoms with van der Waals surface area (Å²) in [7, 11) is 0. The van der Waals surface area contributed by atoms with Crippen LogP contribution in [0, 0.1) is 6.92 Å². The number of amides is 1. The lowest BCUT2D eigenvalue weighted by Gasteiger charge is -1.98. The number of hydrogen-bond acceptors (Lipinski definition) is 2. The summed E-state index contributed by atoms with van der Waals surface area (Å²) in [6.07, 6.45) is 2.40. The predicted octanol–water partition coefficient (Wildman–Crippen LogP) is 0.636. The molecular formula is C8H10N2O. The van der Waals surface area contributed by atoms with Crippen molar-refractivity contribution in [3.05, 3.63) is 29.6 Å². The summed E-state index contributed by atoms with van der Waals surface area (Å²) in [4.78, 5) is 14.0. The Balaban J connectivity index is 2.63. The normalized spacial score (nSPS) is 9.18. The summed E-state index contributed by atoms with van der Waals surface area (Å²) in [6.45, 7) is 2.50. The molecule has 0 fully saturated rings. The van der Waals surface area contributed by atoms with E-state index in [1.54, 1.807) is 6.20 Å². The third-order valence-corrected chi connectivity index (χ3v) is 1.34. The molecule has 0 aliphatic heterocycles. The fourth-order valence-electron chi connectivity index (χ4n) is 0.842. The van der Waals surface area contributed by atoms with Gasteiger partial charge in [0.05, 0.1) is 12.2 Å². The van der Waals surface area contributed by atoms with Gasteiger partial charge in [0.25, 0.3) is 0 Å². The molecule has 1 amide bonds. The van der Waals surface area contributed by atoms with Crippen LogP contribution in [0.15, 0.2) is 18.3 Å². The first kappa shape index (κ1) is 7.72. The van der Waals surface area contributed by atoms with E-state index in [0.29, 0.717) is 13.0 Å². The van der Waals surface area contributed by atoms with E-state index in [2.05, 4.69) is 10.3 Å². The number of pyridine rings is 1. The van der Waals surface area contributed by atoms with Crippen LogP contribution >= 0.6 is 0 Å². The van der Waals surface area contributed by atoms with Gasteiger partial charge in [-0.3, -0.25) is 9.78 Å². The lowest BCUT2D eigenvalue weighted by atomic mass is 10.2. The smallest absolute Gasteiger partial charge is 0.207 e. The van der Waals surface area contributed by atoms with Crippen molar-refractivity contribution < 1.29 is 4.79 Å². The van der Waals surface area contributed by atoms with Crippen molar-refractivity contribution >= 4 is 6.41 Å². The molecule has 0 saturated carbocycles. The first-order valence-electron chi connectivity index (χ1n) is 3.41. The second-order valence-corrected chi connectivity index (χ2v) is 2.32. The minimum atomic E-state index is 0.505. The van der Waals surface area contributed by atoms with Crippen LogP contribution in [0.5, 0.6) is 0 Å². The van der Waals surface area contributed by atoms with E-state index in [4.69, 9.17) is 0 Å². The average molecular weight is 150 g/mol. The van der Waals surface area contributed by atoms with E-state index in [0.717, 1.165) is 11.3 Å². The number of nitrogens with one attached hydrogen (secondary N) is 1. The van der Waals surface area contributed by atoms with E-state index >= 15 is 0 Å². The Bertz CT molecular complexity index is 248. The van der Waals surface area contributed by atoms with Crippen LogP contribution in [-0.4, -0.2) is 11.4 Å². The maximum atomic E-state index is 9.92. The standard InChI is InChI=1S/C8H10N2O/c1-7-2-3-10-8(4-7)5-9-6-11/h2-4,6H,5H2,1H3,(H,9,11). The monoisotopic (exact) mass is 150 g/mol. The molecule has 1 heterocycles. The second-order valence-electron chi connectivity index (χ2n) is 2.32. The molecule has 0 bridgehead atoms. The molecule has 0 aliphatic carbocycles. The van der Waals surface area contributed by atoms with E-state index < -0.39 is 0 Å². The number of hydrogen-bond donors (Lipinski definition) is 1. The van der Waals surface area contributed by atoms with E-state index in [-0.39, 0.29) is 0 Å². The molecule has 0 atom stereocenters. The summed E-state index contributed by atoms with van der Waals surface area (Å²) in [5, 5.41) is 2.55. The van der Waals surface area contributed by atoms with Crippen molar-refractivity contribution in [3.8, 4) is 0 Å². The quantitative estimate of drug-likeness (QED) is 0.642. The second kappa shape index (κ2) is 3.71. The maximum absolute atomic E-state index is 9.92. The van der Waals surface area contributed by atoms with E-state index in [1.807, 2.05) is 19.1 Å². The van der Waals surface area contributed by atoms with Gasteiger partial charge in [-0.15, -0.1) is 0 Å². The fourth-order valence-corrected chi connectivity index (χ4v) is 0.842. The first-order chi connectivity index (χ1) is 5.33. The number of rotatable bonds is 3. The Hall–Kier alpha value is -1.38. The van der Waals surface area contributed by atoms with Crippen LogP contribution in [0.2, 0.25) is 0 Å². The predicted molar refractivity (Wildman–Crippen MR) is 41.9 cm³/mol. The van der Waals surface area contributed by atoms with Crippen LogP contribution in [0.3, 0.4) is 0 Å². The number of aromatic nitrogens is 1.